The molecule has 0 atom stereocenters. The quantitative estimate of drug-likeness (QED) is 0.845. The van der Waals surface area contributed by atoms with Crippen molar-refractivity contribution in [3.8, 4) is 6.07 Å². The molecule has 10 heteroatoms. The first-order valence-corrected chi connectivity index (χ1v) is 6.86. The van der Waals surface area contributed by atoms with E-state index in [1.54, 1.807) is 10.8 Å². The minimum atomic E-state index is -4.26. The van der Waals surface area contributed by atoms with E-state index in [0.29, 0.717) is 0 Å². The van der Waals surface area contributed by atoms with E-state index < -0.39 is 33.9 Å². The minimum Gasteiger partial charge on any atom is -0.325 e. The van der Waals surface area contributed by atoms with E-state index in [1.165, 1.54) is 12.1 Å². The molecule has 1 rings (SSSR count). The molecule has 20 heavy (non-hydrogen) atoms. The number of nitriles is 1. The Morgan fingerprint density at radius 3 is 2.55 bits per heavy atom. The van der Waals surface area contributed by atoms with E-state index in [1.807, 2.05) is 0 Å². The summed E-state index contributed by atoms with van der Waals surface area (Å²) in [6.45, 7) is -2.14. The number of halogens is 4. The van der Waals surface area contributed by atoms with E-state index in [-0.39, 0.29) is 23.0 Å². The lowest BCUT2D eigenvalue weighted by Crippen LogP contribution is -2.41. The van der Waals surface area contributed by atoms with Crippen LogP contribution in [0.5, 0.6) is 0 Å². The van der Waals surface area contributed by atoms with Gasteiger partial charge in [0.25, 0.3) is 5.92 Å². The van der Waals surface area contributed by atoms with E-state index in [2.05, 4.69) is 0 Å². The third kappa shape index (κ3) is 4.54. The summed E-state index contributed by atoms with van der Waals surface area (Å²) in [5.41, 5.74) is 4.50. The van der Waals surface area contributed by atoms with Crippen molar-refractivity contribution >= 4 is 34.0 Å². The molecule has 0 aliphatic rings. The van der Waals surface area contributed by atoms with Gasteiger partial charge in [0, 0.05) is 0 Å². The number of nitrogens with zero attached hydrogens (tertiary/aromatic N) is 1. The Balaban J connectivity index is 0.00000361. The van der Waals surface area contributed by atoms with Gasteiger partial charge in [0.2, 0.25) is 10.0 Å². The van der Waals surface area contributed by atoms with Crippen LogP contribution in [0.3, 0.4) is 0 Å². The lowest BCUT2D eigenvalue weighted by atomic mass is 10.2. The first-order chi connectivity index (χ1) is 8.73. The topological polar surface area (TPSA) is 96.0 Å². The van der Waals surface area contributed by atoms with Crippen molar-refractivity contribution in [2.45, 2.75) is 10.8 Å². The van der Waals surface area contributed by atoms with Crippen LogP contribution in [0, 0.1) is 11.3 Å². The van der Waals surface area contributed by atoms with E-state index in [9.17, 15) is 17.2 Å². The molecule has 0 spiro atoms. The molecule has 0 saturated heterocycles. The fourth-order valence-electron chi connectivity index (χ4n) is 1.19. The standard InChI is InChI=1S/C10H10ClF2N3O2S.ClH/c11-8-2-1-3-9(7(8)4-14)19(17,18)16-6-10(12,13)5-15;/h1-3,16H,5-6,15H2;1H. The van der Waals surface area contributed by atoms with Crippen LogP contribution in [0.4, 0.5) is 8.78 Å². The van der Waals surface area contributed by atoms with Gasteiger partial charge in [0.1, 0.15) is 11.0 Å². The maximum absolute atomic E-state index is 12.9. The Kier molecular flexibility index (Phi) is 6.80. The molecule has 0 aliphatic heterocycles. The molecule has 0 fully saturated rings. The maximum Gasteiger partial charge on any atom is 0.273 e. The Labute approximate surface area is 126 Å². The summed E-state index contributed by atoms with van der Waals surface area (Å²) in [7, 11) is -4.26. The van der Waals surface area contributed by atoms with Gasteiger partial charge in [0.05, 0.1) is 23.7 Å². The van der Waals surface area contributed by atoms with Crippen LogP contribution in [0.1, 0.15) is 5.56 Å². The average molecular weight is 346 g/mol. The Morgan fingerprint density at radius 1 is 1.45 bits per heavy atom. The molecule has 112 valence electrons. The number of hydrogen-bond donors (Lipinski definition) is 2. The lowest BCUT2D eigenvalue weighted by Gasteiger charge is -2.15. The van der Waals surface area contributed by atoms with Crippen molar-refractivity contribution in [2.75, 3.05) is 13.1 Å². The van der Waals surface area contributed by atoms with Crippen LogP contribution < -0.4 is 10.5 Å². The third-order valence-electron chi connectivity index (χ3n) is 2.20. The van der Waals surface area contributed by atoms with Gasteiger partial charge < -0.3 is 5.73 Å². The summed E-state index contributed by atoms with van der Waals surface area (Å²) in [4.78, 5) is -0.449. The van der Waals surface area contributed by atoms with Crippen LogP contribution in [0.15, 0.2) is 23.1 Å². The largest absolute Gasteiger partial charge is 0.325 e. The first-order valence-electron chi connectivity index (χ1n) is 5.00. The highest BCUT2D eigenvalue weighted by Crippen LogP contribution is 2.23. The summed E-state index contributed by atoms with van der Waals surface area (Å²) in [5.74, 6) is -3.36. The number of alkyl halides is 2. The predicted molar refractivity (Wildman–Crippen MR) is 72.6 cm³/mol. The fraction of sp³-hybridized carbons (Fsp3) is 0.300. The Morgan fingerprint density at radius 2 is 2.05 bits per heavy atom. The number of hydrogen-bond acceptors (Lipinski definition) is 4. The summed E-state index contributed by atoms with van der Waals surface area (Å²) in [6.07, 6.45) is 0. The zero-order chi connectivity index (χ0) is 14.7. The fourth-order valence-corrected chi connectivity index (χ4v) is 2.70. The van der Waals surface area contributed by atoms with Crippen LogP contribution in [0.25, 0.3) is 0 Å². The van der Waals surface area contributed by atoms with Gasteiger partial charge in [-0.05, 0) is 12.1 Å². The molecule has 0 unspecified atom stereocenters. The van der Waals surface area contributed by atoms with Crippen molar-refractivity contribution in [1.29, 1.82) is 5.26 Å². The maximum atomic E-state index is 12.9. The monoisotopic (exact) mass is 345 g/mol. The van der Waals surface area contributed by atoms with Crippen molar-refractivity contribution < 1.29 is 17.2 Å². The van der Waals surface area contributed by atoms with E-state index >= 15 is 0 Å². The van der Waals surface area contributed by atoms with E-state index in [0.717, 1.165) is 6.07 Å². The van der Waals surface area contributed by atoms with Gasteiger partial charge in [-0.15, -0.1) is 12.4 Å². The summed E-state index contributed by atoms with van der Waals surface area (Å²) in [6, 6.07) is 5.35. The van der Waals surface area contributed by atoms with Gasteiger partial charge in [-0.3, -0.25) is 0 Å². The van der Waals surface area contributed by atoms with Crippen LogP contribution in [-0.2, 0) is 10.0 Å². The van der Waals surface area contributed by atoms with Crippen molar-refractivity contribution in [2.24, 2.45) is 5.73 Å². The summed E-state index contributed by atoms with van der Waals surface area (Å²) < 4.78 is 51.2. The van der Waals surface area contributed by atoms with E-state index in [4.69, 9.17) is 22.6 Å². The van der Waals surface area contributed by atoms with Crippen molar-refractivity contribution in [3.05, 3.63) is 28.8 Å². The summed E-state index contributed by atoms with van der Waals surface area (Å²) >= 11 is 5.67. The molecule has 0 radical (unpaired) electrons. The first kappa shape index (κ1) is 19.0. The molecular weight excluding hydrogens is 335 g/mol. The number of nitrogens with two attached hydrogens (primary N) is 1. The molecule has 0 saturated carbocycles. The molecule has 0 bridgehead atoms. The smallest absolute Gasteiger partial charge is 0.273 e. The van der Waals surface area contributed by atoms with Gasteiger partial charge in [-0.2, -0.15) is 5.26 Å². The second-order valence-electron chi connectivity index (χ2n) is 3.61. The highest BCUT2D eigenvalue weighted by atomic mass is 35.5. The van der Waals surface area contributed by atoms with Crippen LogP contribution in [-0.4, -0.2) is 27.4 Å². The molecule has 1 aromatic rings. The van der Waals surface area contributed by atoms with Crippen LogP contribution >= 0.6 is 24.0 Å². The lowest BCUT2D eigenvalue weighted by molar-refractivity contribution is 0.0170. The summed E-state index contributed by atoms with van der Waals surface area (Å²) in [5, 5.41) is 8.77. The average Bonchev–Trinajstić information content (AvgIpc) is 2.36. The molecule has 0 heterocycles. The molecule has 3 N–H and O–H groups in total. The predicted octanol–water partition coefficient (Wildman–Crippen LogP) is 1.51. The van der Waals surface area contributed by atoms with Crippen molar-refractivity contribution in [1.82, 2.24) is 4.72 Å². The Bertz CT molecular complexity index is 617. The number of rotatable bonds is 5. The second kappa shape index (κ2) is 7.15. The molecule has 5 nitrogen and oxygen atoms in total. The minimum absolute atomic E-state index is 0. The van der Waals surface area contributed by atoms with Crippen LogP contribution in [0.2, 0.25) is 5.02 Å². The molecule has 0 aromatic heterocycles. The molecule has 0 amide bonds. The zero-order valence-electron chi connectivity index (χ0n) is 9.94. The van der Waals surface area contributed by atoms with Gasteiger partial charge in [-0.1, -0.05) is 17.7 Å². The second-order valence-corrected chi connectivity index (χ2v) is 5.75. The Hall–Kier alpha value is -0.980. The number of benzene rings is 1. The number of nitrogens with one attached hydrogen (secondary N) is 1. The number of sulfonamides is 1. The molecular formula is C10H11Cl2F2N3O2S. The highest BCUT2D eigenvalue weighted by molar-refractivity contribution is 7.89. The zero-order valence-corrected chi connectivity index (χ0v) is 12.3. The third-order valence-corrected chi connectivity index (χ3v) is 3.95. The SMILES string of the molecule is Cl.N#Cc1c(Cl)cccc1S(=O)(=O)NCC(F)(F)CN. The van der Waals surface area contributed by atoms with Gasteiger partial charge in [-0.25, -0.2) is 21.9 Å². The normalized spacial score (nSPS) is 11.6. The van der Waals surface area contributed by atoms with Gasteiger partial charge >= 0.3 is 0 Å². The molecule has 1 aromatic carbocycles. The van der Waals surface area contributed by atoms with Gasteiger partial charge in [0.15, 0.2) is 0 Å². The molecule has 0 aliphatic carbocycles. The highest BCUT2D eigenvalue weighted by Gasteiger charge is 2.30. The van der Waals surface area contributed by atoms with Crippen molar-refractivity contribution in [3.63, 3.8) is 0 Å².